The summed E-state index contributed by atoms with van der Waals surface area (Å²) in [7, 11) is 4.85. The van der Waals surface area contributed by atoms with Crippen molar-refractivity contribution >= 4 is 5.91 Å². The zero-order chi connectivity index (χ0) is 22.9. The highest BCUT2D eigenvalue weighted by Gasteiger charge is 2.23. The molecule has 2 aromatic rings. The van der Waals surface area contributed by atoms with Crippen LogP contribution in [0.15, 0.2) is 16.7 Å². The van der Waals surface area contributed by atoms with Crippen LogP contribution in [0.5, 0.6) is 17.2 Å². The van der Waals surface area contributed by atoms with Crippen LogP contribution < -0.4 is 14.2 Å². The van der Waals surface area contributed by atoms with Crippen LogP contribution >= 0.6 is 0 Å². The number of aryl methyl sites for hydroxylation is 2. The van der Waals surface area contributed by atoms with Gasteiger partial charge in [0.05, 0.1) is 21.3 Å². The van der Waals surface area contributed by atoms with Gasteiger partial charge in [-0.2, -0.15) is 4.98 Å². The van der Waals surface area contributed by atoms with E-state index in [0.717, 1.165) is 63.4 Å². The van der Waals surface area contributed by atoms with E-state index in [4.69, 9.17) is 18.7 Å². The molecule has 9 heteroatoms. The van der Waals surface area contributed by atoms with E-state index in [1.165, 1.54) is 0 Å². The van der Waals surface area contributed by atoms with E-state index in [1.54, 1.807) is 21.3 Å². The van der Waals surface area contributed by atoms with E-state index in [0.29, 0.717) is 36.0 Å². The lowest BCUT2D eigenvalue weighted by Crippen LogP contribution is -2.48. The minimum atomic E-state index is 0.182. The van der Waals surface area contributed by atoms with Crippen LogP contribution in [0, 0.1) is 0 Å². The number of aromatic nitrogens is 2. The quantitative estimate of drug-likeness (QED) is 0.520. The van der Waals surface area contributed by atoms with Gasteiger partial charge in [-0.1, -0.05) is 18.1 Å². The Labute approximate surface area is 189 Å². The highest BCUT2D eigenvalue weighted by Crippen LogP contribution is 2.40. The molecule has 0 N–H and O–H groups in total. The number of methoxy groups -OCH3 is 3. The maximum Gasteiger partial charge on any atom is 0.226 e. The SMILES string of the molecule is CCCc1noc(CCCC(=O)N2CCN(Cc3ccc(OC)c(OC)c3OC)CC2)n1. The summed E-state index contributed by atoms with van der Waals surface area (Å²) in [5.41, 5.74) is 1.03. The van der Waals surface area contributed by atoms with E-state index in [-0.39, 0.29) is 5.91 Å². The molecule has 176 valence electrons. The summed E-state index contributed by atoms with van der Waals surface area (Å²) in [6, 6.07) is 3.90. The fourth-order valence-corrected chi connectivity index (χ4v) is 3.95. The molecule has 0 spiro atoms. The van der Waals surface area contributed by atoms with Crippen LogP contribution in [0.1, 0.15) is 43.5 Å². The van der Waals surface area contributed by atoms with Gasteiger partial charge in [-0.15, -0.1) is 0 Å². The molecule has 1 amide bonds. The lowest BCUT2D eigenvalue weighted by molar-refractivity contribution is -0.133. The van der Waals surface area contributed by atoms with Gasteiger partial charge in [-0.25, -0.2) is 0 Å². The molecule has 1 aromatic carbocycles. The zero-order valence-corrected chi connectivity index (χ0v) is 19.6. The summed E-state index contributed by atoms with van der Waals surface area (Å²) >= 11 is 0. The van der Waals surface area contributed by atoms with Crippen LogP contribution in [-0.4, -0.2) is 73.4 Å². The molecule has 0 unspecified atom stereocenters. The van der Waals surface area contributed by atoms with E-state index in [1.807, 2.05) is 17.0 Å². The Morgan fingerprint density at radius 3 is 2.44 bits per heavy atom. The molecule has 1 saturated heterocycles. The van der Waals surface area contributed by atoms with Gasteiger partial charge in [0.2, 0.25) is 17.5 Å². The number of carbonyl (C=O) groups excluding carboxylic acids is 1. The predicted molar refractivity (Wildman–Crippen MR) is 119 cm³/mol. The van der Waals surface area contributed by atoms with Gasteiger partial charge in [0.25, 0.3) is 0 Å². The lowest BCUT2D eigenvalue weighted by Gasteiger charge is -2.35. The van der Waals surface area contributed by atoms with E-state index < -0.39 is 0 Å². The molecular weight excluding hydrogens is 412 g/mol. The summed E-state index contributed by atoms with van der Waals surface area (Å²) in [6.07, 6.45) is 3.66. The number of rotatable bonds is 11. The van der Waals surface area contributed by atoms with Crippen molar-refractivity contribution in [3.63, 3.8) is 0 Å². The summed E-state index contributed by atoms with van der Waals surface area (Å²) in [4.78, 5) is 21.2. The van der Waals surface area contributed by atoms with E-state index in [2.05, 4.69) is 22.0 Å². The van der Waals surface area contributed by atoms with Crippen LogP contribution in [0.4, 0.5) is 0 Å². The second kappa shape index (κ2) is 11.7. The monoisotopic (exact) mass is 446 g/mol. The number of piperazine rings is 1. The van der Waals surface area contributed by atoms with Crippen molar-refractivity contribution in [2.45, 2.75) is 45.6 Å². The molecule has 32 heavy (non-hydrogen) atoms. The highest BCUT2D eigenvalue weighted by molar-refractivity contribution is 5.76. The highest BCUT2D eigenvalue weighted by atomic mass is 16.5. The minimum Gasteiger partial charge on any atom is -0.493 e. The Kier molecular flexibility index (Phi) is 8.72. The summed E-state index contributed by atoms with van der Waals surface area (Å²) < 4.78 is 21.7. The van der Waals surface area contributed by atoms with Crippen LogP contribution in [0.2, 0.25) is 0 Å². The van der Waals surface area contributed by atoms with Gasteiger partial charge in [0.1, 0.15) is 0 Å². The normalized spacial score (nSPS) is 14.4. The first-order valence-corrected chi connectivity index (χ1v) is 11.2. The number of hydrogen-bond acceptors (Lipinski definition) is 8. The first kappa shape index (κ1) is 23.8. The maximum atomic E-state index is 12.6. The molecule has 0 radical (unpaired) electrons. The fourth-order valence-electron chi connectivity index (χ4n) is 3.95. The molecule has 1 aliphatic heterocycles. The molecule has 0 aliphatic carbocycles. The summed E-state index contributed by atoms with van der Waals surface area (Å²) in [5.74, 6) is 3.48. The molecule has 1 aromatic heterocycles. The van der Waals surface area contributed by atoms with Crippen molar-refractivity contribution in [3.8, 4) is 17.2 Å². The van der Waals surface area contributed by atoms with Crippen molar-refractivity contribution in [2.75, 3.05) is 47.5 Å². The Balaban J connectivity index is 1.46. The Bertz CT molecular complexity index is 877. The summed E-state index contributed by atoms with van der Waals surface area (Å²) in [5, 5.41) is 3.96. The number of ether oxygens (including phenoxy) is 3. The molecule has 0 atom stereocenters. The van der Waals surface area contributed by atoms with Gasteiger partial charge < -0.3 is 23.6 Å². The Hall–Kier alpha value is -2.81. The van der Waals surface area contributed by atoms with Crippen LogP contribution in [-0.2, 0) is 24.2 Å². The van der Waals surface area contributed by atoms with Crippen LogP contribution in [0.3, 0.4) is 0 Å². The molecule has 1 fully saturated rings. The van der Waals surface area contributed by atoms with Gasteiger partial charge in [-0.3, -0.25) is 9.69 Å². The van der Waals surface area contributed by atoms with Crippen molar-refractivity contribution in [3.05, 3.63) is 29.4 Å². The third-order valence-electron chi connectivity index (χ3n) is 5.67. The number of carbonyl (C=O) groups is 1. The van der Waals surface area contributed by atoms with Gasteiger partial charge in [0, 0.05) is 57.5 Å². The molecular formula is C23H34N4O5. The summed E-state index contributed by atoms with van der Waals surface area (Å²) in [6.45, 7) is 5.87. The molecule has 1 aliphatic rings. The molecule has 9 nitrogen and oxygen atoms in total. The lowest BCUT2D eigenvalue weighted by atomic mass is 10.1. The first-order valence-electron chi connectivity index (χ1n) is 11.2. The smallest absolute Gasteiger partial charge is 0.226 e. The van der Waals surface area contributed by atoms with Crippen molar-refractivity contribution in [1.82, 2.24) is 19.9 Å². The van der Waals surface area contributed by atoms with Crippen molar-refractivity contribution < 1.29 is 23.5 Å². The fraction of sp³-hybridized carbons (Fsp3) is 0.609. The van der Waals surface area contributed by atoms with E-state index in [9.17, 15) is 4.79 Å². The largest absolute Gasteiger partial charge is 0.493 e. The molecule has 3 rings (SSSR count). The number of benzene rings is 1. The Morgan fingerprint density at radius 2 is 1.78 bits per heavy atom. The third-order valence-corrected chi connectivity index (χ3v) is 5.67. The second-order valence-corrected chi connectivity index (χ2v) is 7.86. The Morgan fingerprint density at radius 1 is 1.03 bits per heavy atom. The van der Waals surface area contributed by atoms with Crippen LogP contribution in [0.25, 0.3) is 0 Å². The molecule has 0 saturated carbocycles. The first-order chi connectivity index (χ1) is 15.6. The van der Waals surface area contributed by atoms with Gasteiger partial charge >= 0.3 is 0 Å². The van der Waals surface area contributed by atoms with Gasteiger partial charge in [0.15, 0.2) is 17.3 Å². The number of hydrogen-bond donors (Lipinski definition) is 0. The average molecular weight is 447 g/mol. The topological polar surface area (TPSA) is 90.2 Å². The van der Waals surface area contributed by atoms with E-state index >= 15 is 0 Å². The molecule has 2 heterocycles. The number of amides is 1. The third kappa shape index (κ3) is 5.91. The van der Waals surface area contributed by atoms with Gasteiger partial charge in [-0.05, 0) is 18.9 Å². The minimum absolute atomic E-state index is 0.182. The maximum absolute atomic E-state index is 12.6. The molecule has 0 bridgehead atoms. The standard InChI is InChI=1S/C23H34N4O5/c1-5-7-19-24-20(32-25-19)8-6-9-21(28)27-14-12-26(13-15-27)16-17-10-11-18(29-2)23(31-4)22(17)30-3/h10-11H,5-9,12-16H2,1-4H3. The zero-order valence-electron chi connectivity index (χ0n) is 19.6. The average Bonchev–Trinajstić information content (AvgIpc) is 3.26. The van der Waals surface area contributed by atoms with Crippen molar-refractivity contribution in [2.24, 2.45) is 0 Å². The van der Waals surface area contributed by atoms with Crippen molar-refractivity contribution in [1.29, 1.82) is 0 Å². The second-order valence-electron chi connectivity index (χ2n) is 7.86. The number of nitrogens with zero attached hydrogens (tertiary/aromatic N) is 4. The predicted octanol–water partition coefficient (Wildman–Crippen LogP) is 2.72.